The van der Waals surface area contributed by atoms with Gasteiger partial charge in [0.15, 0.2) is 0 Å². The van der Waals surface area contributed by atoms with Gasteiger partial charge < -0.3 is 10.5 Å². The zero-order valence-electron chi connectivity index (χ0n) is 10.3. The molecule has 2 nitrogen and oxygen atoms in total. The molecule has 0 aromatic heterocycles. The van der Waals surface area contributed by atoms with E-state index in [4.69, 9.17) is 10.5 Å². The van der Waals surface area contributed by atoms with E-state index in [1.165, 1.54) is 36.8 Å². The number of benzene rings is 1. The van der Waals surface area contributed by atoms with Crippen LogP contribution in [0.2, 0.25) is 0 Å². The van der Waals surface area contributed by atoms with E-state index in [9.17, 15) is 0 Å². The SMILES string of the molecule is COCc1ccc(Br)cc1C1(CN)CCCC1. The normalized spacial score (nSPS) is 18.5. The Bertz CT molecular complexity index is 386. The lowest BCUT2D eigenvalue weighted by Gasteiger charge is -2.30. The fraction of sp³-hybridized carbons (Fsp3) is 0.571. The van der Waals surface area contributed by atoms with Gasteiger partial charge in [0.2, 0.25) is 0 Å². The number of hydrogen-bond donors (Lipinski definition) is 1. The van der Waals surface area contributed by atoms with Crippen LogP contribution in [0.3, 0.4) is 0 Å². The van der Waals surface area contributed by atoms with Gasteiger partial charge in [-0.05, 0) is 36.1 Å². The van der Waals surface area contributed by atoms with Gasteiger partial charge >= 0.3 is 0 Å². The number of hydrogen-bond acceptors (Lipinski definition) is 2. The molecule has 1 aromatic carbocycles. The molecule has 2 N–H and O–H groups in total. The smallest absolute Gasteiger partial charge is 0.0715 e. The molecule has 17 heavy (non-hydrogen) atoms. The van der Waals surface area contributed by atoms with Crippen molar-refractivity contribution in [2.75, 3.05) is 13.7 Å². The second-order valence-corrected chi connectivity index (χ2v) is 5.84. The number of rotatable bonds is 4. The van der Waals surface area contributed by atoms with E-state index in [1.807, 2.05) is 0 Å². The molecule has 1 fully saturated rings. The van der Waals surface area contributed by atoms with Crippen LogP contribution in [-0.4, -0.2) is 13.7 Å². The zero-order chi connectivity index (χ0) is 12.3. The summed E-state index contributed by atoms with van der Waals surface area (Å²) in [5.74, 6) is 0. The first kappa shape index (κ1) is 13.1. The number of halogens is 1. The molecule has 1 aliphatic carbocycles. The maximum Gasteiger partial charge on any atom is 0.0715 e. The summed E-state index contributed by atoms with van der Waals surface area (Å²) in [6.45, 7) is 1.41. The molecule has 0 bridgehead atoms. The predicted octanol–water partition coefficient (Wildman–Crippen LogP) is 3.37. The summed E-state index contributed by atoms with van der Waals surface area (Å²) in [6.07, 6.45) is 4.99. The predicted molar refractivity (Wildman–Crippen MR) is 74.1 cm³/mol. The maximum absolute atomic E-state index is 6.06. The molecule has 0 heterocycles. The minimum atomic E-state index is 0.178. The van der Waals surface area contributed by atoms with E-state index < -0.39 is 0 Å². The minimum Gasteiger partial charge on any atom is -0.380 e. The van der Waals surface area contributed by atoms with Crippen molar-refractivity contribution in [2.45, 2.75) is 37.7 Å². The van der Waals surface area contributed by atoms with E-state index in [0.29, 0.717) is 6.61 Å². The van der Waals surface area contributed by atoms with Crippen LogP contribution in [0, 0.1) is 0 Å². The van der Waals surface area contributed by atoms with Gasteiger partial charge in [-0.2, -0.15) is 0 Å². The molecule has 0 amide bonds. The molecule has 2 rings (SSSR count). The van der Waals surface area contributed by atoms with Crippen molar-refractivity contribution in [3.05, 3.63) is 33.8 Å². The van der Waals surface area contributed by atoms with Crippen LogP contribution >= 0.6 is 15.9 Å². The number of ether oxygens (including phenoxy) is 1. The van der Waals surface area contributed by atoms with Crippen molar-refractivity contribution in [3.63, 3.8) is 0 Å². The summed E-state index contributed by atoms with van der Waals surface area (Å²) in [6, 6.07) is 6.46. The van der Waals surface area contributed by atoms with Crippen LogP contribution < -0.4 is 5.73 Å². The van der Waals surface area contributed by atoms with Crippen LogP contribution in [0.4, 0.5) is 0 Å². The molecule has 1 aromatic rings. The summed E-state index contributed by atoms with van der Waals surface area (Å²) in [4.78, 5) is 0. The van der Waals surface area contributed by atoms with Gasteiger partial charge in [0, 0.05) is 23.5 Å². The first-order chi connectivity index (χ1) is 8.22. The van der Waals surface area contributed by atoms with Crippen molar-refractivity contribution < 1.29 is 4.74 Å². The quantitative estimate of drug-likeness (QED) is 0.925. The Morgan fingerprint density at radius 3 is 2.65 bits per heavy atom. The van der Waals surface area contributed by atoms with Gasteiger partial charge in [0.1, 0.15) is 0 Å². The van der Waals surface area contributed by atoms with Crippen molar-refractivity contribution in [1.82, 2.24) is 0 Å². The molecule has 94 valence electrons. The molecular formula is C14H20BrNO. The fourth-order valence-electron chi connectivity index (χ4n) is 2.96. The first-order valence-electron chi connectivity index (χ1n) is 6.20. The van der Waals surface area contributed by atoms with Gasteiger partial charge in [-0.1, -0.05) is 34.8 Å². The second kappa shape index (κ2) is 5.51. The highest BCUT2D eigenvalue weighted by atomic mass is 79.9. The van der Waals surface area contributed by atoms with Crippen LogP contribution in [0.1, 0.15) is 36.8 Å². The van der Waals surface area contributed by atoms with E-state index in [1.54, 1.807) is 7.11 Å². The lowest BCUT2D eigenvalue weighted by atomic mass is 9.77. The third kappa shape index (κ3) is 2.56. The van der Waals surface area contributed by atoms with Gasteiger partial charge in [-0.15, -0.1) is 0 Å². The van der Waals surface area contributed by atoms with Crippen LogP contribution in [0.25, 0.3) is 0 Å². The lowest BCUT2D eigenvalue weighted by molar-refractivity contribution is 0.182. The molecule has 0 spiro atoms. The number of methoxy groups -OCH3 is 1. The third-order valence-electron chi connectivity index (χ3n) is 3.89. The van der Waals surface area contributed by atoms with Crippen LogP contribution in [0.5, 0.6) is 0 Å². The minimum absolute atomic E-state index is 0.178. The molecule has 1 aliphatic rings. The Hall–Kier alpha value is -0.380. The number of nitrogens with two attached hydrogens (primary N) is 1. The largest absolute Gasteiger partial charge is 0.380 e. The van der Waals surface area contributed by atoms with Crippen LogP contribution in [0.15, 0.2) is 22.7 Å². The van der Waals surface area contributed by atoms with Gasteiger partial charge in [-0.25, -0.2) is 0 Å². The van der Waals surface area contributed by atoms with Gasteiger partial charge in [0.05, 0.1) is 6.61 Å². The lowest BCUT2D eigenvalue weighted by Crippen LogP contribution is -2.33. The van der Waals surface area contributed by atoms with E-state index in [0.717, 1.165) is 11.0 Å². The average Bonchev–Trinajstić information content (AvgIpc) is 2.81. The molecule has 3 heteroatoms. The highest BCUT2D eigenvalue weighted by Gasteiger charge is 2.35. The summed E-state index contributed by atoms with van der Waals surface area (Å²) in [7, 11) is 1.75. The highest BCUT2D eigenvalue weighted by Crippen LogP contribution is 2.42. The standard InChI is InChI=1S/C14H20BrNO/c1-17-9-11-4-5-12(15)8-13(11)14(10-16)6-2-3-7-14/h4-5,8H,2-3,6-7,9-10,16H2,1H3. The molecule has 0 aliphatic heterocycles. The maximum atomic E-state index is 6.06. The van der Waals surface area contributed by atoms with Crippen molar-refractivity contribution in [2.24, 2.45) is 5.73 Å². The molecule has 0 atom stereocenters. The average molecular weight is 298 g/mol. The molecule has 0 radical (unpaired) electrons. The first-order valence-corrected chi connectivity index (χ1v) is 6.99. The summed E-state index contributed by atoms with van der Waals surface area (Å²) in [5.41, 5.74) is 8.90. The van der Waals surface area contributed by atoms with E-state index in [2.05, 4.69) is 34.1 Å². The summed E-state index contributed by atoms with van der Waals surface area (Å²) in [5, 5.41) is 0. The Morgan fingerprint density at radius 1 is 1.35 bits per heavy atom. The summed E-state index contributed by atoms with van der Waals surface area (Å²) >= 11 is 3.57. The third-order valence-corrected chi connectivity index (χ3v) is 4.39. The zero-order valence-corrected chi connectivity index (χ0v) is 11.9. The Morgan fingerprint density at radius 2 is 2.06 bits per heavy atom. The Balaban J connectivity index is 2.43. The summed E-state index contributed by atoms with van der Waals surface area (Å²) < 4.78 is 6.43. The van der Waals surface area contributed by atoms with E-state index in [-0.39, 0.29) is 5.41 Å². The second-order valence-electron chi connectivity index (χ2n) is 4.93. The van der Waals surface area contributed by atoms with E-state index >= 15 is 0 Å². The molecule has 0 unspecified atom stereocenters. The fourth-order valence-corrected chi connectivity index (χ4v) is 3.32. The molecule has 1 saturated carbocycles. The monoisotopic (exact) mass is 297 g/mol. The van der Waals surface area contributed by atoms with Crippen LogP contribution in [-0.2, 0) is 16.8 Å². The van der Waals surface area contributed by atoms with Gasteiger partial charge in [0.25, 0.3) is 0 Å². The topological polar surface area (TPSA) is 35.2 Å². The Labute approximate surface area is 112 Å². The Kier molecular flexibility index (Phi) is 4.23. The van der Waals surface area contributed by atoms with Crippen molar-refractivity contribution in [3.8, 4) is 0 Å². The van der Waals surface area contributed by atoms with Gasteiger partial charge in [-0.3, -0.25) is 0 Å². The van der Waals surface area contributed by atoms with Crippen molar-refractivity contribution in [1.29, 1.82) is 0 Å². The highest BCUT2D eigenvalue weighted by molar-refractivity contribution is 9.10. The molecule has 0 saturated heterocycles. The van der Waals surface area contributed by atoms with Crippen molar-refractivity contribution >= 4 is 15.9 Å². The molecular weight excluding hydrogens is 278 g/mol.